The number of rotatable bonds is 4. The largest absolute Gasteiger partial charge is 0.444 e. The van der Waals surface area contributed by atoms with Crippen molar-refractivity contribution >= 4 is 6.09 Å². The highest BCUT2D eigenvalue weighted by molar-refractivity contribution is 5.67. The van der Waals surface area contributed by atoms with E-state index >= 15 is 0 Å². The highest BCUT2D eigenvalue weighted by Gasteiger charge is 2.31. The number of likely N-dealkylation sites (tertiary alicyclic amines) is 1. The van der Waals surface area contributed by atoms with Crippen molar-refractivity contribution in [3.63, 3.8) is 0 Å². The van der Waals surface area contributed by atoms with E-state index in [1.807, 2.05) is 20.8 Å². The molecule has 0 bridgehead atoms. The molecule has 0 unspecified atom stereocenters. The van der Waals surface area contributed by atoms with Crippen molar-refractivity contribution < 1.29 is 9.53 Å². The van der Waals surface area contributed by atoms with Crippen LogP contribution in [0.25, 0.3) is 0 Å². The summed E-state index contributed by atoms with van der Waals surface area (Å²) >= 11 is 0. The molecular weight excluding hydrogens is 288 g/mol. The highest BCUT2D eigenvalue weighted by Crippen LogP contribution is 2.30. The molecule has 1 heterocycles. The van der Waals surface area contributed by atoms with Gasteiger partial charge in [0.05, 0.1) is 0 Å². The Morgan fingerprint density at radius 2 is 1.83 bits per heavy atom. The van der Waals surface area contributed by atoms with E-state index in [0.717, 1.165) is 32.5 Å². The molecule has 1 fully saturated rings. The molecule has 4 heteroatoms. The fourth-order valence-corrected chi connectivity index (χ4v) is 2.87. The molecule has 1 aliphatic heterocycles. The SMILES string of the molecule is CC1(CNC(=O)OC(C)(C)C)CCN(Cc2ccccc2)CC1. The molecule has 1 aliphatic rings. The van der Waals surface area contributed by atoms with E-state index < -0.39 is 5.60 Å². The number of nitrogens with zero attached hydrogens (tertiary/aromatic N) is 1. The van der Waals surface area contributed by atoms with Gasteiger partial charge in [-0.2, -0.15) is 0 Å². The van der Waals surface area contributed by atoms with Crippen LogP contribution in [0.3, 0.4) is 0 Å². The molecule has 0 aliphatic carbocycles. The molecule has 0 spiro atoms. The summed E-state index contributed by atoms with van der Waals surface area (Å²) in [6.45, 7) is 11.7. The van der Waals surface area contributed by atoms with Crippen LogP contribution in [-0.4, -0.2) is 36.2 Å². The van der Waals surface area contributed by atoms with Gasteiger partial charge in [0.15, 0.2) is 0 Å². The van der Waals surface area contributed by atoms with Gasteiger partial charge in [-0.3, -0.25) is 4.90 Å². The molecule has 1 aromatic rings. The number of carbonyl (C=O) groups excluding carboxylic acids is 1. The Bertz CT molecular complexity index is 500. The van der Waals surface area contributed by atoms with E-state index in [-0.39, 0.29) is 11.5 Å². The fourth-order valence-electron chi connectivity index (χ4n) is 2.87. The molecule has 1 amide bonds. The summed E-state index contributed by atoms with van der Waals surface area (Å²) in [5.41, 5.74) is 1.08. The number of hydrogen-bond acceptors (Lipinski definition) is 3. The van der Waals surface area contributed by atoms with E-state index in [9.17, 15) is 4.79 Å². The molecule has 0 atom stereocenters. The lowest BCUT2D eigenvalue weighted by Gasteiger charge is -2.39. The second-order valence-corrected chi connectivity index (χ2v) is 7.93. The van der Waals surface area contributed by atoms with E-state index in [4.69, 9.17) is 4.74 Å². The Labute approximate surface area is 140 Å². The van der Waals surface area contributed by atoms with E-state index in [1.165, 1.54) is 5.56 Å². The number of alkyl carbamates (subject to hydrolysis) is 1. The molecule has 128 valence electrons. The molecule has 1 aromatic carbocycles. The lowest BCUT2D eigenvalue weighted by molar-refractivity contribution is 0.0465. The Hall–Kier alpha value is -1.55. The second kappa shape index (κ2) is 7.35. The van der Waals surface area contributed by atoms with Crippen LogP contribution in [0.1, 0.15) is 46.1 Å². The first-order valence-electron chi connectivity index (χ1n) is 8.49. The zero-order chi connectivity index (χ0) is 16.9. The van der Waals surface area contributed by atoms with Gasteiger partial charge in [0.25, 0.3) is 0 Å². The molecule has 23 heavy (non-hydrogen) atoms. The van der Waals surface area contributed by atoms with Gasteiger partial charge < -0.3 is 10.1 Å². The number of benzene rings is 1. The zero-order valence-corrected chi connectivity index (χ0v) is 14.9. The maximum absolute atomic E-state index is 11.8. The van der Waals surface area contributed by atoms with Gasteiger partial charge in [-0.05, 0) is 57.7 Å². The third-order valence-corrected chi connectivity index (χ3v) is 4.37. The standard InChI is InChI=1S/C19H30N2O2/c1-18(2,3)23-17(22)20-15-19(4)10-12-21(13-11-19)14-16-8-6-5-7-9-16/h5-9H,10-15H2,1-4H3,(H,20,22). The van der Waals surface area contributed by atoms with Crippen LogP contribution in [0.5, 0.6) is 0 Å². The number of piperidine rings is 1. The molecule has 4 nitrogen and oxygen atoms in total. The average Bonchev–Trinajstić information content (AvgIpc) is 2.48. The van der Waals surface area contributed by atoms with Crippen molar-refractivity contribution in [3.05, 3.63) is 35.9 Å². The van der Waals surface area contributed by atoms with Crippen molar-refractivity contribution in [3.8, 4) is 0 Å². The zero-order valence-electron chi connectivity index (χ0n) is 14.9. The summed E-state index contributed by atoms with van der Waals surface area (Å²) in [4.78, 5) is 14.3. The topological polar surface area (TPSA) is 41.6 Å². The van der Waals surface area contributed by atoms with Gasteiger partial charge in [-0.15, -0.1) is 0 Å². The third-order valence-electron chi connectivity index (χ3n) is 4.37. The minimum absolute atomic E-state index is 0.157. The molecule has 1 saturated heterocycles. The number of amides is 1. The van der Waals surface area contributed by atoms with Gasteiger partial charge >= 0.3 is 6.09 Å². The summed E-state index contributed by atoms with van der Waals surface area (Å²) < 4.78 is 5.31. The monoisotopic (exact) mass is 318 g/mol. The Balaban J connectivity index is 1.75. The second-order valence-electron chi connectivity index (χ2n) is 7.93. The molecule has 0 radical (unpaired) electrons. The van der Waals surface area contributed by atoms with Crippen LogP contribution >= 0.6 is 0 Å². The third kappa shape index (κ3) is 6.22. The lowest BCUT2D eigenvalue weighted by Crippen LogP contribution is -2.45. The van der Waals surface area contributed by atoms with Crippen molar-refractivity contribution in [1.82, 2.24) is 10.2 Å². The van der Waals surface area contributed by atoms with Crippen LogP contribution in [-0.2, 0) is 11.3 Å². The normalized spacial score (nSPS) is 18.4. The van der Waals surface area contributed by atoms with Crippen molar-refractivity contribution in [2.45, 2.75) is 52.7 Å². The van der Waals surface area contributed by atoms with Gasteiger partial charge in [-0.1, -0.05) is 37.3 Å². The summed E-state index contributed by atoms with van der Waals surface area (Å²) in [7, 11) is 0. The van der Waals surface area contributed by atoms with Crippen LogP contribution in [0.15, 0.2) is 30.3 Å². The molecular formula is C19H30N2O2. The predicted molar refractivity (Wildman–Crippen MR) is 93.3 cm³/mol. The minimum atomic E-state index is -0.440. The van der Waals surface area contributed by atoms with Crippen molar-refractivity contribution in [2.24, 2.45) is 5.41 Å². The highest BCUT2D eigenvalue weighted by atomic mass is 16.6. The first kappa shape index (κ1) is 17.8. The Morgan fingerprint density at radius 3 is 2.39 bits per heavy atom. The smallest absolute Gasteiger partial charge is 0.407 e. The van der Waals surface area contributed by atoms with Crippen molar-refractivity contribution in [1.29, 1.82) is 0 Å². The maximum atomic E-state index is 11.8. The van der Waals surface area contributed by atoms with E-state index in [0.29, 0.717) is 6.54 Å². The van der Waals surface area contributed by atoms with Crippen LogP contribution in [0.2, 0.25) is 0 Å². The molecule has 0 saturated carbocycles. The number of hydrogen-bond donors (Lipinski definition) is 1. The summed E-state index contributed by atoms with van der Waals surface area (Å²) in [5.74, 6) is 0. The predicted octanol–water partition coefficient (Wildman–Crippen LogP) is 3.81. The number of ether oxygens (including phenoxy) is 1. The van der Waals surface area contributed by atoms with Gasteiger partial charge in [-0.25, -0.2) is 4.79 Å². The molecule has 0 aromatic heterocycles. The first-order chi connectivity index (χ1) is 10.8. The molecule has 1 N–H and O–H groups in total. The minimum Gasteiger partial charge on any atom is -0.444 e. The van der Waals surface area contributed by atoms with E-state index in [2.05, 4.69) is 47.5 Å². The lowest BCUT2D eigenvalue weighted by atomic mass is 9.80. The molecule has 2 rings (SSSR count). The summed E-state index contributed by atoms with van der Waals surface area (Å²) in [6.07, 6.45) is 1.87. The number of nitrogens with one attached hydrogen (secondary N) is 1. The average molecular weight is 318 g/mol. The fraction of sp³-hybridized carbons (Fsp3) is 0.632. The van der Waals surface area contributed by atoms with E-state index in [1.54, 1.807) is 0 Å². The van der Waals surface area contributed by atoms with Crippen LogP contribution < -0.4 is 5.32 Å². The Morgan fingerprint density at radius 1 is 1.22 bits per heavy atom. The van der Waals surface area contributed by atoms with Gasteiger partial charge in [0, 0.05) is 13.1 Å². The van der Waals surface area contributed by atoms with Crippen LogP contribution in [0.4, 0.5) is 4.79 Å². The van der Waals surface area contributed by atoms with Gasteiger partial charge in [0.2, 0.25) is 0 Å². The maximum Gasteiger partial charge on any atom is 0.407 e. The van der Waals surface area contributed by atoms with Gasteiger partial charge in [0.1, 0.15) is 5.60 Å². The number of carbonyl (C=O) groups is 1. The Kier molecular flexibility index (Phi) is 5.69. The first-order valence-corrected chi connectivity index (χ1v) is 8.49. The summed E-state index contributed by atoms with van der Waals surface area (Å²) in [5, 5.41) is 2.93. The van der Waals surface area contributed by atoms with Crippen molar-refractivity contribution in [2.75, 3.05) is 19.6 Å². The van der Waals surface area contributed by atoms with Crippen LogP contribution in [0, 0.1) is 5.41 Å². The quantitative estimate of drug-likeness (QED) is 0.918. The summed E-state index contributed by atoms with van der Waals surface area (Å²) in [6, 6.07) is 10.6.